The second kappa shape index (κ2) is 10.6. The van der Waals surface area contributed by atoms with Crippen LogP contribution >= 0.6 is 0 Å². The topological polar surface area (TPSA) is 107 Å². The van der Waals surface area contributed by atoms with Gasteiger partial charge in [-0.3, -0.25) is 14.9 Å². The van der Waals surface area contributed by atoms with Crippen LogP contribution < -0.4 is 15.8 Å². The van der Waals surface area contributed by atoms with Crippen LogP contribution in [-0.2, 0) is 16.0 Å². The van der Waals surface area contributed by atoms with Gasteiger partial charge < -0.3 is 20.1 Å². The summed E-state index contributed by atoms with van der Waals surface area (Å²) in [4.78, 5) is 30.9. The third-order valence-corrected chi connectivity index (χ3v) is 6.21. The van der Waals surface area contributed by atoms with E-state index in [0.717, 1.165) is 38.5 Å². The number of primary amides is 1. The SMILES string of the molecule is NC(=O)c1cccnc1OC1CCC(N2COCNC(CCc3ccccc3)C2=O)CC1. The van der Waals surface area contributed by atoms with Crippen LogP contribution in [0.15, 0.2) is 48.7 Å². The maximum atomic E-state index is 13.2. The fraction of sp³-hybridized carbons (Fsp3) is 0.458. The summed E-state index contributed by atoms with van der Waals surface area (Å²) in [5.74, 6) is -0.172. The monoisotopic (exact) mass is 438 g/mol. The highest BCUT2D eigenvalue weighted by Crippen LogP contribution is 2.28. The number of amides is 2. The van der Waals surface area contributed by atoms with E-state index in [1.54, 1.807) is 18.3 Å². The van der Waals surface area contributed by atoms with Gasteiger partial charge in [0.05, 0.1) is 12.8 Å². The molecule has 0 spiro atoms. The van der Waals surface area contributed by atoms with E-state index in [0.29, 0.717) is 13.5 Å². The van der Waals surface area contributed by atoms with Crippen molar-refractivity contribution in [3.63, 3.8) is 0 Å². The molecule has 2 amide bonds. The predicted molar refractivity (Wildman–Crippen MR) is 119 cm³/mol. The summed E-state index contributed by atoms with van der Waals surface area (Å²) < 4.78 is 11.7. The summed E-state index contributed by atoms with van der Waals surface area (Å²) in [5, 5.41) is 3.24. The molecule has 1 aromatic heterocycles. The first kappa shape index (κ1) is 22.2. The summed E-state index contributed by atoms with van der Waals surface area (Å²) in [6.07, 6.45) is 6.25. The number of nitrogens with two attached hydrogens (primary N) is 1. The minimum atomic E-state index is -0.553. The first-order chi connectivity index (χ1) is 15.6. The van der Waals surface area contributed by atoms with Crippen molar-refractivity contribution in [3.8, 4) is 5.88 Å². The van der Waals surface area contributed by atoms with E-state index < -0.39 is 5.91 Å². The lowest BCUT2D eigenvalue weighted by Crippen LogP contribution is -2.49. The average molecular weight is 439 g/mol. The minimum Gasteiger partial charge on any atom is -0.474 e. The van der Waals surface area contributed by atoms with E-state index in [1.165, 1.54) is 5.56 Å². The zero-order chi connectivity index (χ0) is 22.3. The first-order valence-corrected chi connectivity index (χ1v) is 11.2. The van der Waals surface area contributed by atoms with Gasteiger partial charge in [-0.05, 0) is 56.2 Å². The van der Waals surface area contributed by atoms with Crippen molar-refractivity contribution in [1.82, 2.24) is 15.2 Å². The molecule has 2 heterocycles. The largest absolute Gasteiger partial charge is 0.474 e. The van der Waals surface area contributed by atoms with Crippen molar-refractivity contribution in [2.45, 2.75) is 56.7 Å². The van der Waals surface area contributed by atoms with Gasteiger partial charge in [-0.25, -0.2) is 4.98 Å². The maximum absolute atomic E-state index is 13.2. The number of hydrogen-bond donors (Lipinski definition) is 2. The van der Waals surface area contributed by atoms with E-state index in [2.05, 4.69) is 22.4 Å². The molecular weight excluding hydrogens is 408 g/mol. The molecule has 4 rings (SSSR count). The molecule has 3 N–H and O–H groups in total. The van der Waals surface area contributed by atoms with Crippen molar-refractivity contribution in [1.29, 1.82) is 0 Å². The van der Waals surface area contributed by atoms with Crippen LogP contribution in [0.1, 0.15) is 48.0 Å². The minimum absolute atomic E-state index is 0.0609. The van der Waals surface area contributed by atoms with Crippen LogP contribution in [0.5, 0.6) is 5.88 Å². The predicted octanol–water partition coefficient (Wildman–Crippen LogP) is 2.24. The highest BCUT2D eigenvalue weighted by atomic mass is 16.5. The van der Waals surface area contributed by atoms with Crippen molar-refractivity contribution >= 4 is 11.8 Å². The van der Waals surface area contributed by atoms with Gasteiger partial charge in [-0.15, -0.1) is 0 Å². The van der Waals surface area contributed by atoms with Crippen molar-refractivity contribution in [3.05, 3.63) is 59.8 Å². The number of ether oxygens (including phenoxy) is 2. The lowest BCUT2D eigenvalue weighted by atomic mass is 9.91. The number of nitrogens with zero attached hydrogens (tertiary/aromatic N) is 2. The molecule has 1 unspecified atom stereocenters. The summed E-state index contributed by atoms with van der Waals surface area (Å²) in [5.41, 5.74) is 6.93. The van der Waals surface area contributed by atoms with Crippen LogP contribution in [-0.4, -0.2) is 53.3 Å². The Labute approximate surface area is 188 Å². The maximum Gasteiger partial charge on any atom is 0.254 e. The molecular formula is C24H30N4O4. The summed E-state index contributed by atoms with van der Waals surface area (Å²) >= 11 is 0. The number of benzene rings is 1. The standard InChI is InChI=1S/C24H30N4O4/c25-22(29)20-7-4-14-26-23(20)32-19-11-9-18(10-12-19)28-16-31-15-27-21(24(28)30)13-8-17-5-2-1-3-6-17/h1-7,14,18-19,21,27H,8-13,15-16H2,(H2,25,29). The third-order valence-electron chi connectivity index (χ3n) is 6.21. The molecule has 1 aromatic carbocycles. The van der Waals surface area contributed by atoms with E-state index in [-0.39, 0.29) is 35.5 Å². The first-order valence-electron chi connectivity index (χ1n) is 11.2. The number of aromatic nitrogens is 1. The molecule has 2 aliphatic rings. The lowest BCUT2D eigenvalue weighted by molar-refractivity contribution is -0.140. The zero-order valence-corrected chi connectivity index (χ0v) is 18.1. The van der Waals surface area contributed by atoms with E-state index >= 15 is 0 Å². The van der Waals surface area contributed by atoms with Gasteiger partial charge >= 0.3 is 0 Å². The molecule has 2 aromatic rings. The Morgan fingerprint density at radius 3 is 2.69 bits per heavy atom. The molecule has 1 aliphatic heterocycles. The molecule has 1 saturated carbocycles. The van der Waals surface area contributed by atoms with Gasteiger partial charge in [0.25, 0.3) is 5.91 Å². The molecule has 170 valence electrons. The van der Waals surface area contributed by atoms with Crippen molar-refractivity contribution in [2.75, 3.05) is 13.5 Å². The van der Waals surface area contributed by atoms with Gasteiger partial charge in [0.1, 0.15) is 18.4 Å². The Balaban J connectivity index is 1.33. The zero-order valence-electron chi connectivity index (χ0n) is 18.1. The Morgan fingerprint density at radius 2 is 1.94 bits per heavy atom. The Hall–Kier alpha value is -2.97. The molecule has 32 heavy (non-hydrogen) atoms. The summed E-state index contributed by atoms with van der Waals surface area (Å²) in [6.45, 7) is 0.672. The van der Waals surface area contributed by atoms with E-state index in [4.69, 9.17) is 15.2 Å². The number of aryl methyl sites for hydroxylation is 1. The fourth-order valence-electron chi connectivity index (χ4n) is 4.43. The fourth-order valence-corrected chi connectivity index (χ4v) is 4.43. The van der Waals surface area contributed by atoms with Gasteiger partial charge in [-0.1, -0.05) is 30.3 Å². The highest BCUT2D eigenvalue weighted by Gasteiger charge is 2.34. The van der Waals surface area contributed by atoms with Gasteiger partial charge in [-0.2, -0.15) is 0 Å². The Kier molecular flexibility index (Phi) is 7.34. The number of nitrogens with one attached hydrogen (secondary N) is 1. The van der Waals surface area contributed by atoms with Crippen LogP contribution in [0.4, 0.5) is 0 Å². The molecule has 8 nitrogen and oxygen atoms in total. The quantitative estimate of drug-likeness (QED) is 0.687. The normalized spacial score (nSPS) is 24.1. The van der Waals surface area contributed by atoms with Gasteiger partial charge in [0.2, 0.25) is 11.8 Å². The van der Waals surface area contributed by atoms with Crippen LogP contribution in [0.2, 0.25) is 0 Å². The highest BCUT2D eigenvalue weighted by molar-refractivity contribution is 5.94. The lowest BCUT2D eigenvalue weighted by Gasteiger charge is -2.36. The summed E-state index contributed by atoms with van der Waals surface area (Å²) in [7, 11) is 0. The molecule has 1 atom stereocenters. The molecule has 1 saturated heterocycles. The van der Waals surface area contributed by atoms with Crippen LogP contribution in [0.3, 0.4) is 0 Å². The second-order valence-corrected chi connectivity index (χ2v) is 8.34. The summed E-state index contributed by atoms with van der Waals surface area (Å²) in [6, 6.07) is 13.3. The van der Waals surface area contributed by atoms with Crippen LogP contribution in [0, 0.1) is 0 Å². The molecule has 0 bridgehead atoms. The number of carbonyl (C=O) groups is 2. The average Bonchev–Trinajstić information content (AvgIpc) is 3.00. The molecule has 2 fully saturated rings. The third kappa shape index (κ3) is 5.44. The van der Waals surface area contributed by atoms with E-state index in [9.17, 15) is 9.59 Å². The number of rotatable bonds is 7. The number of carbonyl (C=O) groups excluding carboxylic acids is 2. The molecule has 1 aliphatic carbocycles. The van der Waals surface area contributed by atoms with Gasteiger partial charge in [0.15, 0.2) is 0 Å². The van der Waals surface area contributed by atoms with Crippen LogP contribution in [0.25, 0.3) is 0 Å². The smallest absolute Gasteiger partial charge is 0.254 e. The van der Waals surface area contributed by atoms with Crippen molar-refractivity contribution in [2.24, 2.45) is 5.73 Å². The second-order valence-electron chi connectivity index (χ2n) is 8.34. The van der Waals surface area contributed by atoms with E-state index in [1.807, 2.05) is 23.1 Å². The molecule has 8 heteroatoms. The number of pyridine rings is 1. The Bertz CT molecular complexity index is 915. The molecule has 0 radical (unpaired) electrons. The number of hydrogen-bond acceptors (Lipinski definition) is 6. The van der Waals surface area contributed by atoms with Crippen molar-refractivity contribution < 1.29 is 19.1 Å². The Morgan fingerprint density at radius 1 is 1.16 bits per heavy atom. The van der Waals surface area contributed by atoms with Gasteiger partial charge in [0, 0.05) is 12.2 Å².